The second-order valence-corrected chi connectivity index (χ2v) is 8.27. The maximum absolute atomic E-state index is 12.9. The average molecular weight is 417 g/mol. The minimum Gasteiger partial charge on any atom is -0.326 e. The molecule has 2 aromatic heterocycles. The van der Waals surface area contributed by atoms with Crippen molar-refractivity contribution in [3.8, 4) is 11.3 Å². The Kier molecular flexibility index (Phi) is 4.55. The quantitative estimate of drug-likeness (QED) is 0.456. The summed E-state index contributed by atoms with van der Waals surface area (Å²) in [6.07, 6.45) is 3.93. The molecule has 5 rings (SSSR count). The molecule has 0 radical (unpaired) electrons. The van der Waals surface area contributed by atoms with E-state index in [9.17, 15) is 9.59 Å². The van der Waals surface area contributed by atoms with Gasteiger partial charge in [0.1, 0.15) is 0 Å². The third-order valence-corrected chi connectivity index (χ3v) is 5.95. The number of benzene rings is 2. The number of carbonyl (C=O) groups is 2. The van der Waals surface area contributed by atoms with Crippen LogP contribution in [0.1, 0.15) is 34.3 Å². The number of rotatable bonds is 3. The highest BCUT2D eigenvalue weighted by atomic mass is 32.1. The number of nitrogens with zero attached hydrogens (tertiary/aromatic N) is 2. The molecule has 7 nitrogen and oxygen atoms in total. The minimum absolute atomic E-state index is 0.0580. The van der Waals surface area contributed by atoms with Gasteiger partial charge in [-0.25, -0.2) is 4.98 Å². The Bertz CT molecular complexity index is 1290. The monoisotopic (exact) mass is 417 g/mol. The van der Waals surface area contributed by atoms with E-state index >= 15 is 0 Å². The van der Waals surface area contributed by atoms with Crippen LogP contribution >= 0.6 is 11.3 Å². The van der Waals surface area contributed by atoms with Gasteiger partial charge >= 0.3 is 0 Å². The van der Waals surface area contributed by atoms with E-state index < -0.39 is 0 Å². The van der Waals surface area contributed by atoms with Gasteiger partial charge < -0.3 is 5.32 Å². The van der Waals surface area contributed by atoms with Crippen molar-refractivity contribution in [2.24, 2.45) is 0 Å². The first-order valence-corrected chi connectivity index (χ1v) is 10.6. The van der Waals surface area contributed by atoms with Gasteiger partial charge in [0, 0.05) is 28.4 Å². The summed E-state index contributed by atoms with van der Waals surface area (Å²) in [4.78, 5) is 29.2. The summed E-state index contributed by atoms with van der Waals surface area (Å²) >= 11 is 1.38. The molecular weight excluding hydrogens is 398 g/mol. The Morgan fingerprint density at radius 3 is 3.00 bits per heavy atom. The maximum atomic E-state index is 12.9. The van der Waals surface area contributed by atoms with Crippen LogP contribution in [0.3, 0.4) is 0 Å². The summed E-state index contributed by atoms with van der Waals surface area (Å²) in [6.45, 7) is 1.95. The van der Waals surface area contributed by atoms with E-state index in [1.54, 1.807) is 6.20 Å². The van der Waals surface area contributed by atoms with E-state index in [2.05, 4.69) is 31.9 Å². The number of aromatic nitrogens is 3. The van der Waals surface area contributed by atoms with Crippen molar-refractivity contribution < 1.29 is 9.59 Å². The van der Waals surface area contributed by atoms with Crippen LogP contribution in [0.5, 0.6) is 0 Å². The standard InChI is InChI=1S/C22H19N5O2S/c1-12-7-15-10-23-27-20(15)16(8-12)21(29)26-22-25-18(11-30-22)14-5-6-17-13(9-14)3-2-4-19(28)24-17/h5-11H,2-4H2,1H3,(H,23,27)(H,24,28)(H,25,26,29). The fraction of sp³-hybridized carbons (Fsp3) is 0.182. The number of nitrogens with one attached hydrogen (secondary N) is 3. The molecular formula is C22H19N5O2S. The lowest BCUT2D eigenvalue weighted by atomic mass is 10.0. The fourth-order valence-corrected chi connectivity index (χ4v) is 4.46. The fourth-order valence-electron chi connectivity index (χ4n) is 3.75. The largest absolute Gasteiger partial charge is 0.326 e. The van der Waals surface area contributed by atoms with Crippen LogP contribution in [0.15, 0.2) is 41.9 Å². The van der Waals surface area contributed by atoms with E-state index in [0.717, 1.165) is 46.3 Å². The first kappa shape index (κ1) is 18.5. The summed E-state index contributed by atoms with van der Waals surface area (Å²) in [6, 6.07) is 9.76. The molecule has 1 aliphatic rings. The lowest BCUT2D eigenvalue weighted by molar-refractivity contribution is -0.116. The lowest BCUT2D eigenvalue weighted by Crippen LogP contribution is -2.12. The molecule has 3 N–H and O–H groups in total. The Morgan fingerprint density at radius 1 is 1.20 bits per heavy atom. The molecule has 0 aliphatic carbocycles. The molecule has 0 unspecified atom stereocenters. The van der Waals surface area contributed by atoms with Crippen molar-refractivity contribution in [1.82, 2.24) is 15.2 Å². The average Bonchev–Trinajstić information content (AvgIpc) is 3.33. The molecule has 0 atom stereocenters. The van der Waals surface area contributed by atoms with Crippen molar-refractivity contribution in [2.75, 3.05) is 10.6 Å². The second kappa shape index (κ2) is 7.38. The predicted octanol–water partition coefficient (Wildman–Crippen LogP) is 4.52. The molecule has 2 aromatic carbocycles. The topological polar surface area (TPSA) is 99.8 Å². The van der Waals surface area contributed by atoms with Gasteiger partial charge in [-0.1, -0.05) is 6.07 Å². The van der Waals surface area contributed by atoms with Gasteiger partial charge in [-0.05, 0) is 55.2 Å². The molecule has 8 heteroatoms. The molecule has 2 amide bonds. The van der Waals surface area contributed by atoms with Crippen LogP contribution in [-0.2, 0) is 11.2 Å². The molecule has 0 saturated carbocycles. The number of aromatic amines is 1. The highest BCUT2D eigenvalue weighted by Crippen LogP contribution is 2.31. The zero-order valence-electron chi connectivity index (χ0n) is 16.3. The third kappa shape index (κ3) is 3.46. The van der Waals surface area contributed by atoms with Crippen molar-refractivity contribution in [3.63, 3.8) is 0 Å². The number of hydrogen-bond acceptors (Lipinski definition) is 5. The predicted molar refractivity (Wildman–Crippen MR) is 118 cm³/mol. The van der Waals surface area contributed by atoms with E-state index in [4.69, 9.17) is 0 Å². The Labute approximate surface area is 176 Å². The van der Waals surface area contributed by atoms with Gasteiger partial charge in [-0.3, -0.25) is 20.0 Å². The molecule has 0 bridgehead atoms. The summed E-state index contributed by atoms with van der Waals surface area (Å²) in [5, 5.41) is 16.1. The van der Waals surface area contributed by atoms with Crippen LogP contribution in [-0.4, -0.2) is 27.0 Å². The van der Waals surface area contributed by atoms with Crippen LogP contribution < -0.4 is 10.6 Å². The number of fused-ring (bicyclic) bond motifs is 2. The van der Waals surface area contributed by atoms with Crippen molar-refractivity contribution >= 4 is 44.9 Å². The number of thiazole rings is 1. The zero-order chi connectivity index (χ0) is 20.7. The smallest absolute Gasteiger partial charge is 0.259 e. The van der Waals surface area contributed by atoms with Gasteiger partial charge in [0.2, 0.25) is 5.91 Å². The highest BCUT2D eigenvalue weighted by molar-refractivity contribution is 7.14. The van der Waals surface area contributed by atoms with E-state index in [1.807, 2.05) is 36.6 Å². The molecule has 0 saturated heterocycles. The Hall–Kier alpha value is -3.52. The molecule has 4 aromatic rings. The van der Waals surface area contributed by atoms with E-state index in [1.165, 1.54) is 11.3 Å². The number of H-pyrrole nitrogens is 1. The van der Waals surface area contributed by atoms with Crippen LogP contribution in [0.2, 0.25) is 0 Å². The molecule has 0 fully saturated rings. The number of aryl methyl sites for hydroxylation is 2. The zero-order valence-corrected chi connectivity index (χ0v) is 17.1. The second-order valence-electron chi connectivity index (χ2n) is 7.41. The van der Waals surface area contributed by atoms with E-state index in [0.29, 0.717) is 22.6 Å². The minimum atomic E-state index is -0.224. The van der Waals surface area contributed by atoms with Gasteiger partial charge in [-0.2, -0.15) is 5.10 Å². The normalized spacial score (nSPS) is 13.6. The SMILES string of the molecule is Cc1cc(C(=O)Nc2nc(-c3ccc4c(c3)CCCC(=O)N4)cs2)c2[nH]ncc2c1. The number of carbonyl (C=O) groups excluding carboxylic acids is 2. The number of amides is 2. The molecule has 30 heavy (non-hydrogen) atoms. The summed E-state index contributed by atoms with van der Waals surface area (Å²) in [5.41, 5.74) is 5.98. The van der Waals surface area contributed by atoms with Crippen molar-refractivity contribution in [3.05, 3.63) is 58.6 Å². The molecule has 0 spiro atoms. The molecule has 3 heterocycles. The van der Waals surface area contributed by atoms with Gasteiger partial charge in [0.25, 0.3) is 5.91 Å². The van der Waals surface area contributed by atoms with Crippen molar-refractivity contribution in [1.29, 1.82) is 0 Å². The molecule has 1 aliphatic heterocycles. The van der Waals surface area contributed by atoms with Gasteiger partial charge in [-0.15, -0.1) is 11.3 Å². The van der Waals surface area contributed by atoms with Gasteiger partial charge in [0.05, 0.1) is 23.0 Å². The Balaban J connectivity index is 1.39. The lowest BCUT2D eigenvalue weighted by Gasteiger charge is -2.08. The maximum Gasteiger partial charge on any atom is 0.259 e. The third-order valence-electron chi connectivity index (χ3n) is 5.19. The van der Waals surface area contributed by atoms with Crippen LogP contribution in [0.4, 0.5) is 10.8 Å². The first-order chi connectivity index (χ1) is 14.6. The van der Waals surface area contributed by atoms with Crippen molar-refractivity contribution in [2.45, 2.75) is 26.2 Å². The number of anilines is 2. The van der Waals surface area contributed by atoms with Gasteiger partial charge in [0.15, 0.2) is 5.13 Å². The highest BCUT2D eigenvalue weighted by Gasteiger charge is 2.17. The Morgan fingerprint density at radius 2 is 2.10 bits per heavy atom. The summed E-state index contributed by atoms with van der Waals surface area (Å²) in [5.74, 6) is -0.166. The van der Waals surface area contributed by atoms with E-state index in [-0.39, 0.29) is 11.8 Å². The summed E-state index contributed by atoms with van der Waals surface area (Å²) in [7, 11) is 0. The molecule has 150 valence electrons. The number of hydrogen-bond donors (Lipinski definition) is 3. The van der Waals surface area contributed by atoms with Crippen LogP contribution in [0.25, 0.3) is 22.2 Å². The van der Waals surface area contributed by atoms with Crippen LogP contribution in [0, 0.1) is 6.92 Å². The first-order valence-electron chi connectivity index (χ1n) is 9.70. The summed E-state index contributed by atoms with van der Waals surface area (Å²) < 4.78 is 0.